The van der Waals surface area contributed by atoms with Gasteiger partial charge >= 0.3 is 6.09 Å². The van der Waals surface area contributed by atoms with Gasteiger partial charge in [0.2, 0.25) is 0 Å². The van der Waals surface area contributed by atoms with Crippen LogP contribution in [0.3, 0.4) is 0 Å². The number of alkyl carbamates (subject to hydrolysis) is 1. The van der Waals surface area contributed by atoms with Gasteiger partial charge in [0, 0.05) is 12.4 Å². The average Bonchev–Trinajstić information content (AvgIpc) is 2.92. The number of anilines is 1. The molecule has 2 aromatic heterocycles. The lowest BCUT2D eigenvalue weighted by Gasteiger charge is -2.13. The highest BCUT2D eigenvalue weighted by atomic mass is 79.9. The zero-order valence-electron chi connectivity index (χ0n) is 12.9. The molecule has 0 aliphatic heterocycles. The van der Waals surface area contributed by atoms with Gasteiger partial charge in [-0.15, -0.1) is 0 Å². The van der Waals surface area contributed by atoms with E-state index in [9.17, 15) is 4.79 Å². The topological polar surface area (TPSA) is 94.5 Å². The van der Waals surface area contributed by atoms with E-state index < -0.39 is 6.09 Å². The third kappa shape index (κ3) is 3.33. The Morgan fingerprint density at radius 1 is 1.42 bits per heavy atom. The Morgan fingerprint density at radius 2 is 2.17 bits per heavy atom. The van der Waals surface area contributed by atoms with Gasteiger partial charge in [0.15, 0.2) is 5.82 Å². The molecule has 0 spiro atoms. The molecule has 1 aromatic carbocycles. The van der Waals surface area contributed by atoms with Crippen LogP contribution in [0.2, 0.25) is 0 Å². The number of carbonyl (C=O) groups excluding carboxylic acids is 1. The molecule has 8 heteroatoms. The molecule has 0 radical (unpaired) electrons. The fourth-order valence-corrected chi connectivity index (χ4v) is 2.93. The Balaban J connectivity index is 1.70. The van der Waals surface area contributed by atoms with Crippen LogP contribution >= 0.6 is 15.9 Å². The molecule has 0 saturated carbocycles. The first-order valence-electron chi connectivity index (χ1n) is 7.31. The molecule has 0 bridgehead atoms. The van der Waals surface area contributed by atoms with Crippen LogP contribution in [0.4, 0.5) is 10.6 Å². The number of halogens is 1. The van der Waals surface area contributed by atoms with Crippen molar-refractivity contribution in [2.75, 3.05) is 5.73 Å². The summed E-state index contributed by atoms with van der Waals surface area (Å²) in [6, 6.07) is 9.12. The van der Waals surface area contributed by atoms with Crippen molar-refractivity contribution in [3.05, 3.63) is 58.7 Å². The Hall–Kier alpha value is -2.61. The highest BCUT2D eigenvalue weighted by Crippen LogP contribution is 2.25. The monoisotopic (exact) mass is 389 g/mol. The van der Waals surface area contributed by atoms with Gasteiger partial charge in [-0.2, -0.15) is 0 Å². The predicted octanol–water partition coefficient (Wildman–Crippen LogP) is 3.06. The van der Waals surface area contributed by atoms with E-state index in [2.05, 4.69) is 31.2 Å². The van der Waals surface area contributed by atoms with Gasteiger partial charge in [-0.3, -0.25) is 4.40 Å². The van der Waals surface area contributed by atoms with Gasteiger partial charge in [-0.1, -0.05) is 30.3 Å². The quantitative estimate of drug-likeness (QED) is 0.714. The van der Waals surface area contributed by atoms with E-state index in [0.717, 1.165) is 5.56 Å². The Morgan fingerprint density at radius 3 is 2.92 bits per heavy atom. The number of imidazole rings is 1. The number of ether oxygens (including phenoxy) is 1. The molecule has 7 nitrogen and oxygen atoms in total. The molecule has 24 heavy (non-hydrogen) atoms. The van der Waals surface area contributed by atoms with Crippen molar-refractivity contribution in [3.8, 4) is 0 Å². The van der Waals surface area contributed by atoms with Gasteiger partial charge in [-0.25, -0.2) is 14.8 Å². The van der Waals surface area contributed by atoms with Crippen LogP contribution in [-0.4, -0.2) is 20.5 Å². The maximum Gasteiger partial charge on any atom is 0.408 e. The van der Waals surface area contributed by atoms with Crippen molar-refractivity contribution in [1.29, 1.82) is 0 Å². The summed E-state index contributed by atoms with van der Waals surface area (Å²) in [6.07, 6.45) is 2.81. The zero-order valence-corrected chi connectivity index (χ0v) is 14.5. The number of hydrogen-bond donors (Lipinski definition) is 2. The molecule has 0 aliphatic carbocycles. The smallest absolute Gasteiger partial charge is 0.408 e. The highest BCUT2D eigenvalue weighted by molar-refractivity contribution is 9.10. The second kappa shape index (κ2) is 6.88. The van der Waals surface area contributed by atoms with Crippen LogP contribution in [0.25, 0.3) is 5.52 Å². The Labute approximate surface area is 147 Å². The molecule has 3 rings (SSSR count). The lowest BCUT2D eigenvalue weighted by Crippen LogP contribution is -2.28. The summed E-state index contributed by atoms with van der Waals surface area (Å²) in [4.78, 5) is 20.4. The van der Waals surface area contributed by atoms with Crippen LogP contribution in [0.5, 0.6) is 0 Å². The number of nitrogen functional groups attached to an aromatic ring is 1. The third-order valence-corrected chi connectivity index (χ3v) is 4.06. The number of aromatic nitrogens is 3. The highest BCUT2D eigenvalue weighted by Gasteiger charge is 2.19. The van der Waals surface area contributed by atoms with Crippen LogP contribution in [0.1, 0.15) is 24.4 Å². The van der Waals surface area contributed by atoms with Crippen molar-refractivity contribution in [1.82, 2.24) is 19.7 Å². The molecule has 1 atom stereocenters. The van der Waals surface area contributed by atoms with Gasteiger partial charge in [0.1, 0.15) is 22.6 Å². The number of amides is 1. The molecule has 1 amide bonds. The summed E-state index contributed by atoms with van der Waals surface area (Å²) < 4.78 is 7.59. The third-order valence-electron chi connectivity index (χ3n) is 3.50. The van der Waals surface area contributed by atoms with Crippen molar-refractivity contribution in [3.63, 3.8) is 0 Å². The number of hydrogen-bond acceptors (Lipinski definition) is 5. The maximum atomic E-state index is 12.0. The summed E-state index contributed by atoms with van der Waals surface area (Å²) in [5.74, 6) is 0.990. The van der Waals surface area contributed by atoms with E-state index in [0.29, 0.717) is 21.8 Å². The van der Waals surface area contributed by atoms with Crippen molar-refractivity contribution >= 4 is 33.4 Å². The lowest BCUT2D eigenvalue weighted by atomic mass is 10.2. The normalized spacial score (nSPS) is 12.1. The van der Waals surface area contributed by atoms with Crippen LogP contribution in [0, 0.1) is 0 Å². The van der Waals surface area contributed by atoms with Crippen molar-refractivity contribution in [2.24, 2.45) is 0 Å². The lowest BCUT2D eigenvalue weighted by molar-refractivity contribution is 0.136. The number of benzene rings is 1. The second-order valence-electron chi connectivity index (χ2n) is 5.22. The van der Waals surface area contributed by atoms with Crippen LogP contribution < -0.4 is 11.1 Å². The fraction of sp³-hybridized carbons (Fsp3) is 0.188. The molecule has 0 aliphatic rings. The van der Waals surface area contributed by atoms with Crippen LogP contribution in [-0.2, 0) is 11.3 Å². The fourth-order valence-electron chi connectivity index (χ4n) is 2.35. The first-order valence-corrected chi connectivity index (χ1v) is 8.10. The molecule has 3 aromatic rings. The Bertz CT molecular complexity index is 866. The van der Waals surface area contributed by atoms with Crippen molar-refractivity contribution < 1.29 is 9.53 Å². The predicted molar refractivity (Wildman–Crippen MR) is 93.3 cm³/mol. The summed E-state index contributed by atoms with van der Waals surface area (Å²) >= 11 is 3.37. The summed E-state index contributed by atoms with van der Waals surface area (Å²) in [5, 5.41) is 2.76. The Kier molecular flexibility index (Phi) is 4.66. The van der Waals surface area contributed by atoms with Crippen LogP contribution in [0.15, 0.2) is 47.3 Å². The van der Waals surface area contributed by atoms with E-state index in [4.69, 9.17) is 10.5 Å². The van der Waals surface area contributed by atoms with E-state index in [1.54, 1.807) is 16.8 Å². The molecule has 0 saturated heterocycles. The second-order valence-corrected chi connectivity index (χ2v) is 5.97. The van der Waals surface area contributed by atoms with Gasteiger partial charge in [0.05, 0.1) is 6.04 Å². The van der Waals surface area contributed by atoms with Crippen molar-refractivity contribution in [2.45, 2.75) is 19.6 Å². The molecule has 124 valence electrons. The summed E-state index contributed by atoms with van der Waals surface area (Å²) in [6.45, 7) is 2.03. The van der Waals surface area contributed by atoms with E-state index in [1.165, 1.54) is 0 Å². The summed E-state index contributed by atoms with van der Waals surface area (Å²) in [5.41, 5.74) is 7.46. The molecular formula is C16H16BrN5O2. The SMILES string of the molecule is C[C@H](NC(=O)OCc1ccccc1)c1nc(Br)c2c(N)nccn12. The van der Waals surface area contributed by atoms with E-state index >= 15 is 0 Å². The number of fused-ring (bicyclic) bond motifs is 1. The first kappa shape index (κ1) is 16.3. The first-order chi connectivity index (χ1) is 11.6. The molecule has 0 unspecified atom stereocenters. The van der Waals surface area contributed by atoms with Gasteiger partial charge < -0.3 is 15.8 Å². The average molecular weight is 390 g/mol. The zero-order chi connectivity index (χ0) is 17.1. The van der Waals surface area contributed by atoms with Gasteiger partial charge in [0.25, 0.3) is 0 Å². The number of nitrogens with zero attached hydrogens (tertiary/aromatic N) is 3. The number of carbonyl (C=O) groups is 1. The standard InChI is InChI=1S/C16H16BrN5O2/c1-10(20-16(23)24-9-11-5-3-2-4-6-11)15-21-13(17)12-14(18)19-7-8-22(12)15/h2-8,10H,9H2,1H3,(H2,18,19)(H,20,23)/t10-/m0/s1. The summed E-state index contributed by atoms with van der Waals surface area (Å²) in [7, 11) is 0. The minimum absolute atomic E-state index is 0.211. The molecule has 2 heterocycles. The molecular weight excluding hydrogens is 374 g/mol. The minimum Gasteiger partial charge on any atom is -0.445 e. The molecule has 3 N–H and O–H groups in total. The van der Waals surface area contributed by atoms with Gasteiger partial charge in [-0.05, 0) is 28.4 Å². The number of nitrogens with one attached hydrogen (secondary N) is 1. The molecule has 0 fully saturated rings. The van der Waals surface area contributed by atoms with E-state index in [-0.39, 0.29) is 12.6 Å². The maximum absolute atomic E-state index is 12.0. The van der Waals surface area contributed by atoms with E-state index in [1.807, 2.05) is 37.3 Å². The minimum atomic E-state index is -0.513. The largest absolute Gasteiger partial charge is 0.445 e. The number of rotatable bonds is 4. The number of nitrogens with two attached hydrogens (primary N) is 1.